The second-order valence-electron chi connectivity index (χ2n) is 6.20. The third kappa shape index (κ3) is 3.07. The molecule has 1 aliphatic rings. The van der Waals surface area contributed by atoms with Crippen molar-refractivity contribution >= 4 is 39.3 Å². The zero-order chi connectivity index (χ0) is 15.1. The van der Waals surface area contributed by atoms with E-state index in [0.717, 1.165) is 0 Å². The zero-order valence-corrected chi connectivity index (χ0v) is 14.1. The van der Waals surface area contributed by atoms with Crippen LogP contribution < -0.4 is 0 Å². The van der Waals surface area contributed by atoms with Crippen LogP contribution in [0.25, 0.3) is 0 Å². The number of carbonyl (C=O) groups excluding carboxylic acids is 2. The summed E-state index contributed by atoms with van der Waals surface area (Å²) < 4.78 is 0.613. The average Bonchev–Trinajstić information content (AvgIpc) is 2.70. The van der Waals surface area contributed by atoms with Crippen molar-refractivity contribution in [1.82, 2.24) is 4.90 Å². The third-order valence-electron chi connectivity index (χ3n) is 3.76. The third-order valence-corrected chi connectivity index (χ3v) is 4.65. The topological polar surface area (TPSA) is 37.4 Å². The Morgan fingerprint density at radius 3 is 2.55 bits per heavy atom. The van der Waals surface area contributed by atoms with Gasteiger partial charge in [-0.05, 0) is 45.5 Å². The molecule has 0 spiro atoms. The molecule has 2 amide bonds. The Bertz CT molecular complexity index is 565. The number of hydrogen-bond acceptors (Lipinski definition) is 2. The maximum absolute atomic E-state index is 12.5. The summed E-state index contributed by atoms with van der Waals surface area (Å²) in [5, 5.41) is 0.550. The fourth-order valence-electron chi connectivity index (χ4n) is 2.29. The summed E-state index contributed by atoms with van der Waals surface area (Å²) in [6.45, 7) is 6.77. The van der Waals surface area contributed by atoms with Crippen molar-refractivity contribution in [3.05, 3.63) is 33.3 Å². The van der Waals surface area contributed by atoms with E-state index >= 15 is 0 Å². The molecule has 0 aliphatic carbocycles. The van der Waals surface area contributed by atoms with Crippen LogP contribution in [0.5, 0.6) is 0 Å². The molecule has 0 N–H and O–H groups in total. The summed E-state index contributed by atoms with van der Waals surface area (Å²) in [5.74, 6) is -0.160. The van der Waals surface area contributed by atoms with Gasteiger partial charge in [0, 0.05) is 22.5 Å². The van der Waals surface area contributed by atoms with E-state index < -0.39 is 0 Å². The van der Waals surface area contributed by atoms with Crippen LogP contribution in [0.1, 0.15) is 37.6 Å². The number of imide groups is 1. The molecule has 1 heterocycles. The van der Waals surface area contributed by atoms with Crippen LogP contribution >= 0.6 is 27.5 Å². The molecular formula is C15H17BrClNO2. The Kier molecular flexibility index (Phi) is 4.26. The lowest BCUT2D eigenvalue weighted by Crippen LogP contribution is -2.33. The van der Waals surface area contributed by atoms with Crippen molar-refractivity contribution in [3.63, 3.8) is 0 Å². The van der Waals surface area contributed by atoms with E-state index in [-0.39, 0.29) is 23.1 Å². The van der Waals surface area contributed by atoms with Gasteiger partial charge in [-0.2, -0.15) is 0 Å². The second-order valence-corrected chi connectivity index (χ2v) is 7.49. The highest BCUT2D eigenvalue weighted by molar-refractivity contribution is 9.10. The quantitative estimate of drug-likeness (QED) is 0.708. The number of likely N-dealkylation sites (tertiary alicyclic amines) is 1. The highest BCUT2D eigenvalue weighted by Gasteiger charge is 2.40. The van der Waals surface area contributed by atoms with E-state index in [1.165, 1.54) is 4.90 Å². The minimum absolute atomic E-state index is 0.0158. The van der Waals surface area contributed by atoms with Crippen LogP contribution in [0.3, 0.4) is 0 Å². The molecule has 1 fully saturated rings. The first kappa shape index (κ1) is 15.5. The minimum atomic E-state index is -0.259. The number of hydrogen-bond donors (Lipinski definition) is 0. The molecular weight excluding hydrogens is 342 g/mol. The molecule has 5 heteroatoms. The fourth-order valence-corrected chi connectivity index (χ4v) is 3.14. The lowest BCUT2D eigenvalue weighted by atomic mass is 9.80. The number of carbonyl (C=O) groups is 2. The Labute approximate surface area is 132 Å². The smallest absolute Gasteiger partial charge is 0.261 e. The van der Waals surface area contributed by atoms with E-state index in [0.29, 0.717) is 28.0 Å². The summed E-state index contributed by atoms with van der Waals surface area (Å²) in [6.07, 6.45) is 0.431. The van der Waals surface area contributed by atoms with Gasteiger partial charge in [-0.1, -0.05) is 32.4 Å². The van der Waals surface area contributed by atoms with Crippen LogP contribution in [-0.2, 0) is 4.79 Å². The molecule has 1 aromatic rings. The Morgan fingerprint density at radius 1 is 1.40 bits per heavy atom. The SMILES string of the molecule is CC(C)(C)C1CC(=O)N(C(=O)c2ccc(Cl)cc2Br)C1. The number of rotatable bonds is 1. The van der Waals surface area contributed by atoms with Gasteiger partial charge in [0.1, 0.15) is 0 Å². The lowest BCUT2D eigenvalue weighted by Gasteiger charge is -2.26. The highest BCUT2D eigenvalue weighted by atomic mass is 79.9. The molecule has 0 saturated carbocycles. The Hall–Kier alpha value is -0.870. The molecule has 1 unspecified atom stereocenters. The number of amides is 2. The monoisotopic (exact) mass is 357 g/mol. The van der Waals surface area contributed by atoms with Crippen molar-refractivity contribution in [2.45, 2.75) is 27.2 Å². The number of nitrogens with zero attached hydrogens (tertiary/aromatic N) is 1. The molecule has 0 aromatic heterocycles. The number of benzene rings is 1. The summed E-state index contributed by atoms with van der Waals surface area (Å²) in [4.78, 5) is 25.9. The van der Waals surface area contributed by atoms with Gasteiger partial charge < -0.3 is 0 Å². The molecule has 0 bridgehead atoms. The highest BCUT2D eigenvalue weighted by Crippen LogP contribution is 2.35. The van der Waals surface area contributed by atoms with E-state index in [9.17, 15) is 9.59 Å². The lowest BCUT2D eigenvalue weighted by molar-refractivity contribution is -0.125. The molecule has 20 heavy (non-hydrogen) atoms. The van der Waals surface area contributed by atoms with Crippen molar-refractivity contribution < 1.29 is 9.59 Å². The predicted octanol–water partition coefficient (Wildman–Crippen LogP) is 4.14. The van der Waals surface area contributed by atoms with Gasteiger partial charge in [0.05, 0.1) is 5.56 Å². The maximum atomic E-state index is 12.5. The first-order chi connectivity index (χ1) is 9.20. The van der Waals surface area contributed by atoms with Crippen molar-refractivity contribution in [2.75, 3.05) is 6.54 Å². The largest absolute Gasteiger partial charge is 0.278 e. The van der Waals surface area contributed by atoms with E-state index in [1.54, 1.807) is 18.2 Å². The number of halogens is 2. The Morgan fingerprint density at radius 2 is 2.05 bits per heavy atom. The molecule has 108 valence electrons. The second kappa shape index (κ2) is 5.49. The molecule has 1 atom stereocenters. The minimum Gasteiger partial charge on any atom is -0.278 e. The van der Waals surface area contributed by atoms with E-state index in [1.807, 2.05) is 0 Å². The molecule has 1 aliphatic heterocycles. The van der Waals surface area contributed by atoms with Crippen LogP contribution in [-0.4, -0.2) is 23.3 Å². The first-order valence-electron chi connectivity index (χ1n) is 6.50. The normalized spacial score (nSPS) is 19.6. The summed E-state index contributed by atoms with van der Waals surface area (Å²) >= 11 is 9.20. The first-order valence-corrected chi connectivity index (χ1v) is 7.67. The van der Waals surface area contributed by atoms with Gasteiger partial charge in [-0.15, -0.1) is 0 Å². The van der Waals surface area contributed by atoms with Crippen molar-refractivity contribution in [2.24, 2.45) is 11.3 Å². The average molecular weight is 359 g/mol. The van der Waals surface area contributed by atoms with Crippen LogP contribution in [0.15, 0.2) is 22.7 Å². The molecule has 3 nitrogen and oxygen atoms in total. The molecule has 1 saturated heterocycles. The maximum Gasteiger partial charge on any atom is 0.261 e. The fraction of sp³-hybridized carbons (Fsp3) is 0.467. The zero-order valence-electron chi connectivity index (χ0n) is 11.7. The standard InChI is InChI=1S/C15H17BrClNO2/c1-15(2,3)9-6-13(19)18(8-9)14(20)11-5-4-10(17)7-12(11)16/h4-5,7,9H,6,8H2,1-3H3. The van der Waals surface area contributed by atoms with Gasteiger partial charge in [-0.25, -0.2) is 0 Å². The van der Waals surface area contributed by atoms with Crippen LogP contribution in [0, 0.1) is 11.3 Å². The summed E-state index contributed by atoms with van der Waals surface area (Å²) in [6, 6.07) is 4.96. The predicted molar refractivity (Wildman–Crippen MR) is 82.8 cm³/mol. The van der Waals surface area contributed by atoms with E-state index in [2.05, 4.69) is 36.7 Å². The molecule has 0 radical (unpaired) electrons. The van der Waals surface area contributed by atoms with Crippen LogP contribution in [0.2, 0.25) is 5.02 Å². The Balaban J connectivity index is 2.24. The van der Waals surface area contributed by atoms with Gasteiger partial charge in [-0.3, -0.25) is 14.5 Å². The molecule has 1 aromatic carbocycles. The van der Waals surface area contributed by atoms with Gasteiger partial charge >= 0.3 is 0 Å². The van der Waals surface area contributed by atoms with Gasteiger partial charge in [0.15, 0.2) is 0 Å². The molecule has 2 rings (SSSR count). The summed E-state index contributed by atoms with van der Waals surface area (Å²) in [5.41, 5.74) is 0.486. The van der Waals surface area contributed by atoms with Crippen molar-refractivity contribution in [1.29, 1.82) is 0 Å². The van der Waals surface area contributed by atoms with Gasteiger partial charge in [0.2, 0.25) is 5.91 Å². The van der Waals surface area contributed by atoms with Crippen molar-refractivity contribution in [3.8, 4) is 0 Å². The van der Waals surface area contributed by atoms with Gasteiger partial charge in [0.25, 0.3) is 5.91 Å². The van der Waals surface area contributed by atoms with Crippen LogP contribution in [0.4, 0.5) is 0 Å². The van der Waals surface area contributed by atoms with E-state index in [4.69, 9.17) is 11.6 Å². The summed E-state index contributed by atoms with van der Waals surface area (Å²) in [7, 11) is 0.